The Labute approximate surface area is 91.7 Å². The Morgan fingerprint density at radius 1 is 1.77 bits per heavy atom. The van der Waals surface area contributed by atoms with E-state index < -0.39 is 0 Å². The van der Waals surface area contributed by atoms with Crippen LogP contribution >= 0.6 is 31.9 Å². The summed E-state index contributed by atoms with van der Waals surface area (Å²) in [6.45, 7) is 4.20. The van der Waals surface area contributed by atoms with Gasteiger partial charge in [0, 0.05) is 11.0 Å². The highest BCUT2D eigenvalue weighted by Crippen LogP contribution is 2.15. The van der Waals surface area contributed by atoms with Gasteiger partial charge in [-0.2, -0.15) is 5.10 Å². The number of H-pyrrole nitrogens is 1. The first kappa shape index (κ1) is 10.5. The van der Waals surface area contributed by atoms with E-state index in [9.17, 15) is 4.79 Å². The number of hydrogen-bond donors (Lipinski definition) is 2. The third-order valence-electron chi connectivity index (χ3n) is 1.27. The van der Waals surface area contributed by atoms with Crippen molar-refractivity contribution in [2.45, 2.75) is 0 Å². The van der Waals surface area contributed by atoms with Crippen LogP contribution < -0.4 is 10.9 Å². The van der Waals surface area contributed by atoms with Crippen molar-refractivity contribution < 1.29 is 0 Å². The van der Waals surface area contributed by atoms with E-state index in [0.29, 0.717) is 16.7 Å². The fourth-order valence-corrected chi connectivity index (χ4v) is 1.17. The molecule has 0 spiro atoms. The molecular weight excluding hydrogens is 302 g/mol. The van der Waals surface area contributed by atoms with E-state index in [1.165, 1.54) is 6.20 Å². The van der Waals surface area contributed by atoms with Crippen LogP contribution in [0.2, 0.25) is 0 Å². The molecule has 4 nitrogen and oxygen atoms in total. The van der Waals surface area contributed by atoms with Gasteiger partial charge in [-0.05, 0) is 15.9 Å². The van der Waals surface area contributed by atoms with Gasteiger partial charge < -0.3 is 5.32 Å². The van der Waals surface area contributed by atoms with Gasteiger partial charge in [0.1, 0.15) is 4.47 Å². The molecule has 0 radical (unpaired) electrons. The number of rotatable bonds is 3. The number of aromatic nitrogens is 2. The molecule has 1 heterocycles. The normalized spacial score (nSPS) is 9.69. The van der Waals surface area contributed by atoms with E-state index in [1.54, 1.807) is 0 Å². The minimum Gasteiger partial charge on any atom is -0.378 e. The number of aromatic amines is 1. The molecule has 0 bridgehead atoms. The minimum atomic E-state index is -0.259. The molecule has 1 aromatic rings. The molecule has 0 saturated carbocycles. The maximum atomic E-state index is 11.0. The Morgan fingerprint density at radius 2 is 2.46 bits per heavy atom. The summed E-state index contributed by atoms with van der Waals surface area (Å²) < 4.78 is 1.25. The van der Waals surface area contributed by atoms with Crippen LogP contribution in [0.5, 0.6) is 0 Å². The minimum absolute atomic E-state index is 0.259. The van der Waals surface area contributed by atoms with Gasteiger partial charge in [-0.15, -0.1) is 0 Å². The third-order valence-corrected chi connectivity index (χ3v) is 2.33. The molecule has 6 heteroatoms. The summed E-state index contributed by atoms with van der Waals surface area (Å²) in [5.74, 6) is 0. The van der Waals surface area contributed by atoms with Crippen LogP contribution in [0.15, 0.2) is 26.5 Å². The van der Waals surface area contributed by atoms with Crippen LogP contribution in [0.4, 0.5) is 5.69 Å². The average molecular weight is 309 g/mol. The topological polar surface area (TPSA) is 57.8 Å². The lowest BCUT2D eigenvalue weighted by molar-refractivity contribution is 0.977. The Morgan fingerprint density at radius 3 is 3.08 bits per heavy atom. The van der Waals surface area contributed by atoms with Crippen molar-refractivity contribution in [1.29, 1.82) is 0 Å². The summed E-state index contributed by atoms with van der Waals surface area (Å²) in [6.07, 6.45) is 1.53. The van der Waals surface area contributed by atoms with Gasteiger partial charge in [-0.25, -0.2) is 5.10 Å². The molecule has 13 heavy (non-hydrogen) atoms. The van der Waals surface area contributed by atoms with E-state index in [-0.39, 0.29) is 5.56 Å². The molecule has 1 aromatic heterocycles. The first-order chi connectivity index (χ1) is 6.11. The van der Waals surface area contributed by atoms with E-state index in [2.05, 4.69) is 54.0 Å². The fourth-order valence-electron chi connectivity index (χ4n) is 0.698. The smallest absolute Gasteiger partial charge is 0.280 e. The van der Waals surface area contributed by atoms with Crippen molar-refractivity contribution in [3.63, 3.8) is 0 Å². The van der Waals surface area contributed by atoms with E-state index in [4.69, 9.17) is 0 Å². The van der Waals surface area contributed by atoms with Gasteiger partial charge in [0.2, 0.25) is 0 Å². The van der Waals surface area contributed by atoms with Gasteiger partial charge in [0.15, 0.2) is 0 Å². The first-order valence-corrected chi connectivity index (χ1v) is 5.00. The van der Waals surface area contributed by atoms with Crippen molar-refractivity contribution >= 4 is 37.5 Å². The molecule has 0 aliphatic carbocycles. The second-order valence-corrected chi connectivity index (χ2v) is 4.21. The van der Waals surface area contributed by atoms with Gasteiger partial charge >= 0.3 is 0 Å². The molecule has 0 aromatic carbocycles. The van der Waals surface area contributed by atoms with Crippen LogP contribution in [0.3, 0.4) is 0 Å². The largest absolute Gasteiger partial charge is 0.378 e. The van der Waals surface area contributed by atoms with E-state index in [1.807, 2.05) is 0 Å². The lowest BCUT2D eigenvalue weighted by Crippen LogP contribution is -2.12. The lowest BCUT2D eigenvalue weighted by atomic mass is 10.4. The summed E-state index contributed by atoms with van der Waals surface area (Å²) in [5, 5.41) is 8.93. The molecule has 0 aliphatic rings. The highest BCUT2D eigenvalue weighted by molar-refractivity contribution is 9.11. The number of nitrogens with zero attached hydrogens (tertiary/aromatic N) is 1. The first-order valence-electron chi connectivity index (χ1n) is 3.41. The highest BCUT2D eigenvalue weighted by Gasteiger charge is 2.02. The van der Waals surface area contributed by atoms with Crippen LogP contribution in [-0.4, -0.2) is 16.7 Å². The van der Waals surface area contributed by atoms with Crippen molar-refractivity contribution in [2.75, 3.05) is 11.9 Å². The molecule has 70 valence electrons. The highest BCUT2D eigenvalue weighted by atomic mass is 79.9. The Balaban J connectivity index is 2.83. The predicted octanol–water partition coefficient (Wildman–Crippen LogP) is 1.85. The monoisotopic (exact) mass is 307 g/mol. The lowest BCUT2D eigenvalue weighted by Gasteiger charge is -2.04. The summed E-state index contributed by atoms with van der Waals surface area (Å²) >= 11 is 6.34. The predicted molar refractivity (Wildman–Crippen MR) is 59.1 cm³/mol. The van der Waals surface area contributed by atoms with Crippen molar-refractivity contribution in [2.24, 2.45) is 0 Å². The molecule has 0 fully saturated rings. The Kier molecular flexibility index (Phi) is 3.68. The van der Waals surface area contributed by atoms with Crippen molar-refractivity contribution in [3.05, 3.63) is 32.1 Å². The van der Waals surface area contributed by atoms with Gasteiger partial charge in [0.25, 0.3) is 5.56 Å². The Hall–Kier alpha value is -0.620. The average Bonchev–Trinajstić information content (AvgIpc) is 2.07. The van der Waals surface area contributed by atoms with Gasteiger partial charge in [-0.3, -0.25) is 4.79 Å². The van der Waals surface area contributed by atoms with Crippen LogP contribution in [0, 0.1) is 0 Å². The summed E-state index contributed by atoms with van der Waals surface area (Å²) in [4.78, 5) is 11.0. The maximum absolute atomic E-state index is 11.0. The van der Waals surface area contributed by atoms with Crippen molar-refractivity contribution in [3.8, 4) is 0 Å². The maximum Gasteiger partial charge on any atom is 0.280 e. The van der Waals surface area contributed by atoms with Crippen molar-refractivity contribution in [1.82, 2.24) is 10.2 Å². The summed E-state index contributed by atoms with van der Waals surface area (Å²) in [5.41, 5.74) is 0.384. The fraction of sp³-hybridized carbons (Fsp3) is 0.143. The molecule has 0 amide bonds. The van der Waals surface area contributed by atoms with E-state index in [0.717, 1.165) is 4.48 Å². The zero-order chi connectivity index (χ0) is 9.84. The standard InChI is InChI=1S/C7H7Br2N3O/c1-4(8)2-10-5-3-11-12-7(13)6(5)9/h3H,1-2H2,(H2,10,12,13). The molecule has 0 aliphatic heterocycles. The molecule has 1 rings (SSSR count). The van der Waals surface area contributed by atoms with Crippen LogP contribution in [0.1, 0.15) is 0 Å². The quantitative estimate of drug-likeness (QED) is 0.896. The number of halogens is 2. The van der Waals surface area contributed by atoms with Crippen LogP contribution in [0.25, 0.3) is 0 Å². The molecule has 2 N–H and O–H groups in total. The van der Waals surface area contributed by atoms with E-state index >= 15 is 0 Å². The Bertz CT molecular complexity index is 374. The number of hydrogen-bond acceptors (Lipinski definition) is 3. The van der Waals surface area contributed by atoms with Crippen LogP contribution in [-0.2, 0) is 0 Å². The number of nitrogens with one attached hydrogen (secondary N) is 2. The van der Waals surface area contributed by atoms with Gasteiger partial charge in [0.05, 0.1) is 11.9 Å². The molecule has 0 unspecified atom stereocenters. The zero-order valence-electron chi connectivity index (χ0n) is 6.60. The summed E-state index contributed by atoms with van der Waals surface area (Å²) in [6, 6.07) is 0. The SMILES string of the molecule is C=C(Br)CNc1cn[nH]c(=O)c1Br. The number of anilines is 1. The second-order valence-electron chi connectivity index (χ2n) is 2.30. The summed E-state index contributed by atoms with van der Waals surface area (Å²) in [7, 11) is 0. The van der Waals surface area contributed by atoms with Gasteiger partial charge in [-0.1, -0.05) is 22.5 Å². The third kappa shape index (κ3) is 2.96. The second kappa shape index (κ2) is 4.57. The molecule has 0 atom stereocenters. The molecular formula is C7H7Br2N3O. The molecule has 0 saturated heterocycles. The zero-order valence-corrected chi connectivity index (χ0v) is 9.77.